The van der Waals surface area contributed by atoms with Gasteiger partial charge in [-0.1, -0.05) is 36.6 Å². The molecular formula is C19H24ClNO3S2. The van der Waals surface area contributed by atoms with E-state index in [0.717, 1.165) is 36.1 Å². The van der Waals surface area contributed by atoms with Crippen LogP contribution in [0.3, 0.4) is 0 Å². The van der Waals surface area contributed by atoms with Crippen molar-refractivity contribution in [2.24, 2.45) is 0 Å². The minimum Gasteiger partial charge on any atom is -0.388 e. The lowest BCUT2D eigenvalue weighted by molar-refractivity contribution is 0.203. The van der Waals surface area contributed by atoms with Crippen molar-refractivity contribution < 1.29 is 13.5 Å². The number of nitrogens with one attached hydrogen (secondary N) is 1. The molecule has 1 fully saturated rings. The molecule has 7 heteroatoms. The summed E-state index contributed by atoms with van der Waals surface area (Å²) >= 11 is 7.45. The van der Waals surface area contributed by atoms with Crippen LogP contribution in [0, 0.1) is 0 Å². The molecule has 0 radical (unpaired) electrons. The Hall–Kier alpha value is -0.920. The first-order chi connectivity index (χ1) is 12.3. The number of benzene rings is 1. The van der Waals surface area contributed by atoms with Crippen molar-refractivity contribution in [2.45, 2.75) is 49.9 Å². The Morgan fingerprint density at radius 2 is 1.85 bits per heavy atom. The monoisotopic (exact) mass is 413 g/mol. The second-order valence-electron chi connectivity index (χ2n) is 7.07. The van der Waals surface area contributed by atoms with E-state index in [-0.39, 0.29) is 11.2 Å². The molecule has 1 aromatic heterocycles. The molecule has 1 aliphatic rings. The van der Waals surface area contributed by atoms with E-state index >= 15 is 0 Å². The van der Waals surface area contributed by atoms with E-state index in [1.165, 1.54) is 4.88 Å². The lowest BCUT2D eigenvalue weighted by atomic mass is 9.85. The highest BCUT2D eigenvalue weighted by atomic mass is 35.5. The molecule has 1 atom stereocenters. The summed E-state index contributed by atoms with van der Waals surface area (Å²) in [5.74, 6) is -0.0520. The molecule has 1 saturated carbocycles. The van der Waals surface area contributed by atoms with Crippen LogP contribution in [0.5, 0.6) is 0 Å². The van der Waals surface area contributed by atoms with Gasteiger partial charge in [-0.15, -0.1) is 11.3 Å². The van der Waals surface area contributed by atoms with Gasteiger partial charge in [-0.25, -0.2) is 13.1 Å². The van der Waals surface area contributed by atoms with Gasteiger partial charge in [-0.3, -0.25) is 0 Å². The van der Waals surface area contributed by atoms with Crippen molar-refractivity contribution in [1.29, 1.82) is 0 Å². The minimum atomic E-state index is -3.43. The maximum absolute atomic E-state index is 12.5. The molecule has 2 aromatic rings. The Morgan fingerprint density at radius 3 is 2.42 bits per heavy atom. The molecule has 26 heavy (non-hydrogen) atoms. The second kappa shape index (κ2) is 7.98. The van der Waals surface area contributed by atoms with Crippen molar-refractivity contribution in [3.8, 4) is 0 Å². The number of hydrogen-bond donors (Lipinski definition) is 2. The molecule has 1 unspecified atom stereocenters. The summed E-state index contributed by atoms with van der Waals surface area (Å²) in [6.07, 6.45) is 3.64. The number of hydrogen-bond acceptors (Lipinski definition) is 4. The topological polar surface area (TPSA) is 66.4 Å². The normalized spacial score (nSPS) is 18.1. The Balaban J connectivity index is 1.72. The van der Waals surface area contributed by atoms with Gasteiger partial charge in [0, 0.05) is 26.7 Å². The van der Waals surface area contributed by atoms with Crippen LogP contribution in [-0.4, -0.2) is 20.1 Å². The quantitative estimate of drug-likeness (QED) is 0.707. The molecule has 142 valence electrons. The number of rotatable bonds is 7. The summed E-state index contributed by atoms with van der Waals surface area (Å²) < 4.78 is 27.9. The SMILES string of the molecule is CC(O)c1ccc(C2(CNS(=O)(=O)Cc3ccc(Cl)cc3)CCCC2)s1. The first kappa shape index (κ1) is 19.8. The maximum Gasteiger partial charge on any atom is 0.215 e. The van der Waals surface area contributed by atoms with Crippen LogP contribution in [0.2, 0.25) is 5.02 Å². The van der Waals surface area contributed by atoms with Crippen LogP contribution in [0.15, 0.2) is 36.4 Å². The molecule has 0 spiro atoms. The smallest absolute Gasteiger partial charge is 0.215 e. The van der Waals surface area contributed by atoms with Gasteiger partial charge in [0.2, 0.25) is 10.0 Å². The van der Waals surface area contributed by atoms with Crippen molar-refractivity contribution in [1.82, 2.24) is 4.72 Å². The summed E-state index contributed by atoms with van der Waals surface area (Å²) in [6, 6.07) is 10.9. The van der Waals surface area contributed by atoms with Gasteiger partial charge in [0.05, 0.1) is 11.9 Å². The third-order valence-electron chi connectivity index (χ3n) is 5.02. The van der Waals surface area contributed by atoms with E-state index in [9.17, 15) is 13.5 Å². The number of sulfonamides is 1. The van der Waals surface area contributed by atoms with Gasteiger partial charge >= 0.3 is 0 Å². The summed E-state index contributed by atoms with van der Waals surface area (Å²) in [4.78, 5) is 2.09. The standard InChI is InChI=1S/C19H24ClNO3S2/c1-14(22)17-8-9-18(25-17)19(10-2-3-11-19)13-21-26(23,24)12-15-4-6-16(20)7-5-15/h4-9,14,21-22H,2-3,10-13H2,1H3. The predicted molar refractivity (Wildman–Crippen MR) is 107 cm³/mol. The summed E-state index contributed by atoms with van der Waals surface area (Å²) in [5, 5.41) is 10.4. The first-order valence-corrected chi connectivity index (χ1v) is 11.6. The van der Waals surface area contributed by atoms with E-state index in [2.05, 4.69) is 4.72 Å². The zero-order valence-corrected chi connectivity index (χ0v) is 17.1. The Morgan fingerprint density at radius 1 is 1.19 bits per heavy atom. The van der Waals surface area contributed by atoms with Gasteiger partial charge in [0.1, 0.15) is 0 Å². The molecule has 0 aliphatic heterocycles. The molecule has 0 amide bonds. The van der Waals surface area contributed by atoms with Crippen molar-refractivity contribution >= 4 is 33.0 Å². The average molecular weight is 414 g/mol. The van der Waals surface area contributed by atoms with Gasteiger partial charge < -0.3 is 5.11 Å². The van der Waals surface area contributed by atoms with Gasteiger partial charge in [-0.2, -0.15) is 0 Å². The molecule has 1 aromatic carbocycles. The number of thiophene rings is 1. The van der Waals surface area contributed by atoms with Crippen LogP contribution < -0.4 is 4.72 Å². The fourth-order valence-electron chi connectivity index (χ4n) is 3.52. The van der Waals surface area contributed by atoms with Crippen LogP contribution >= 0.6 is 22.9 Å². The molecule has 4 nitrogen and oxygen atoms in total. The van der Waals surface area contributed by atoms with Crippen LogP contribution in [0.1, 0.15) is 54.0 Å². The van der Waals surface area contributed by atoms with E-state index in [1.807, 2.05) is 12.1 Å². The largest absolute Gasteiger partial charge is 0.388 e. The Labute approximate surface area is 164 Å². The third-order valence-corrected chi connectivity index (χ3v) is 8.07. The first-order valence-electron chi connectivity index (χ1n) is 8.80. The van der Waals surface area contributed by atoms with Crippen LogP contribution in [-0.2, 0) is 21.2 Å². The zero-order chi connectivity index (χ0) is 18.8. The molecule has 0 bridgehead atoms. The summed E-state index contributed by atoms with van der Waals surface area (Å²) in [5.41, 5.74) is 0.556. The highest BCUT2D eigenvalue weighted by Gasteiger charge is 2.38. The van der Waals surface area contributed by atoms with Crippen molar-refractivity contribution in [3.63, 3.8) is 0 Å². The van der Waals surface area contributed by atoms with Gasteiger partial charge in [-0.05, 0) is 49.6 Å². The van der Waals surface area contributed by atoms with Gasteiger partial charge in [0.25, 0.3) is 0 Å². The molecule has 1 aliphatic carbocycles. The van der Waals surface area contributed by atoms with Gasteiger partial charge in [0.15, 0.2) is 0 Å². The number of aliphatic hydroxyl groups excluding tert-OH is 1. The van der Waals surface area contributed by atoms with Crippen molar-refractivity contribution in [2.75, 3.05) is 6.54 Å². The molecule has 1 heterocycles. The zero-order valence-electron chi connectivity index (χ0n) is 14.7. The molecular weight excluding hydrogens is 390 g/mol. The lowest BCUT2D eigenvalue weighted by Gasteiger charge is -2.28. The minimum absolute atomic E-state index is 0.0520. The predicted octanol–water partition coefficient (Wildman–Crippen LogP) is 4.39. The van der Waals surface area contributed by atoms with E-state index < -0.39 is 16.1 Å². The van der Waals surface area contributed by atoms with Crippen molar-refractivity contribution in [3.05, 3.63) is 56.7 Å². The maximum atomic E-state index is 12.5. The fourth-order valence-corrected chi connectivity index (χ4v) is 6.07. The average Bonchev–Trinajstić information content (AvgIpc) is 3.25. The second-order valence-corrected chi connectivity index (χ2v) is 10.4. The number of aliphatic hydroxyl groups is 1. The highest BCUT2D eigenvalue weighted by Crippen LogP contribution is 2.44. The fraction of sp³-hybridized carbons (Fsp3) is 0.474. The summed E-state index contributed by atoms with van der Waals surface area (Å²) in [7, 11) is -3.43. The Kier molecular flexibility index (Phi) is 6.09. The summed E-state index contributed by atoms with van der Waals surface area (Å²) in [6.45, 7) is 2.16. The van der Waals surface area contributed by atoms with Crippen LogP contribution in [0.25, 0.3) is 0 Å². The Bertz CT molecular complexity index is 838. The highest BCUT2D eigenvalue weighted by molar-refractivity contribution is 7.88. The molecule has 0 saturated heterocycles. The van der Waals surface area contributed by atoms with E-state index in [4.69, 9.17) is 11.6 Å². The lowest BCUT2D eigenvalue weighted by Crippen LogP contribution is -2.39. The molecule has 2 N–H and O–H groups in total. The molecule has 3 rings (SSSR count). The van der Waals surface area contributed by atoms with E-state index in [1.54, 1.807) is 42.5 Å². The van der Waals surface area contributed by atoms with E-state index in [0.29, 0.717) is 11.6 Å². The van der Waals surface area contributed by atoms with Crippen LogP contribution in [0.4, 0.5) is 0 Å². The third kappa shape index (κ3) is 4.67. The number of halogens is 1.